The van der Waals surface area contributed by atoms with Crippen LogP contribution in [0.4, 0.5) is 5.13 Å². The number of thiazole rings is 1. The predicted molar refractivity (Wildman–Crippen MR) is 126 cm³/mol. The van der Waals surface area contributed by atoms with Crippen molar-refractivity contribution < 1.29 is 13.2 Å². The number of sulfone groups is 1. The number of benzene rings is 1. The average Bonchev–Trinajstić information content (AvgIpc) is 3.37. The summed E-state index contributed by atoms with van der Waals surface area (Å²) in [6, 6.07) is 8.78. The number of rotatable bonds is 9. The van der Waals surface area contributed by atoms with Crippen LogP contribution in [0.3, 0.4) is 0 Å². The van der Waals surface area contributed by atoms with E-state index in [9.17, 15) is 13.2 Å². The van der Waals surface area contributed by atoms with E-state index in [2.05, 4.69) is 23.7 Å². The standard InChI is InChI=1S/C21H25N3O3S3/c1-4-23(5-2)12-13-24(20(25)11-8-16-7-6-14-28-16)21-22-18-10-9-17(30(3,26)27)15-19(18)29-21/h6-11,14-15H,4-5,12-13H2,1-3H3/b11-8+. The molecule has 1 aromatic carbocycles. The van der Waals surface area contributed by atoms with Gasteiger partial charge in [0.1, 0.15) is 0 Å². The van der Waals surface area contributed by atoms with Gasteiger partial charge in [-0.25, -0.2) is 13.4 Å². The minimum atomic E-state index is -3.30. The molecule has 0 spiro atoms. The van der Waals surface area contributed by atoms with Crippen LogP contribution in [0.2, 0.25) is 0 Å². The van der Waals surface area contributed by atoms with E-state index in [0.717, 1.165) is 29.2 Å². The van der Waals surface area contributed by atoms with E-state index in [1.165, 1.54) is 17.6 Å². The molecule has 0 aliphatic rings. The van der Waals surface area contributed by atoms with Crippen molar-refractivity contribution in [3.63, 3.8) is 0 Å². The Morgan fingerprint density at radius 1 is 1.17 bits per heavy atom. The van der Waals surface area contributed by atoms with Gasteiger partial charge in [0.15, 0.2) is 15.0 Å². The summed E-state index contributed by atoms with van der Waals surface area (Å²) in [7, 11) is -3.30. The maximum Gasteiger partial charge on any atom is 0.252 e. The van der Waals surface area contributed by atoms with Crippen molar-refractivity contribution in [3.8, 4) is 0 Å². The molecule has 3 rings (SSSR count). The molecule has 0 atom stereocenters. The Hall–Kier alpha value is -2.07. The molecule has 0 unspecified atom stereocenters. The minimum Gasteiger partial charge on any atom is -0.302 e. The van der Waals surface area contributed by atoms with Gasteiger partial charge >= 0.3 is 0 Å². The molecule has 0 radical (unpaired) electrons. The van der Waals surface area contributed by atoms with Gasteiger partial charge in [0.05, 0.1) is 15.1 Å². The van der Waals surface area contributed by atoms with Crippen molar-refractivity contribution in [2.24, 2.45) is 0 Å². The van der Waals surface area contributed by atoms with E-state index in [1.807, 2.05) is 23.6 Å². The van der Waals surface area contributed by atoms with Crippen molar-refractivity contribution in [2.45, 2.75) is 18.7 Å². The molecule has 0 saturated carbocycles. The Morgan fingerprint density at radius 2 is 1.93 bits per heavy atom. The number of anilines is 1. The average molecular weight is 464 g/mol. The molecule has 30 heavy (non-hydrogen) atoms. The van der Waals surface area contributed by atoms with Gasteiger partial charge in [0.2, 0.25) is 0 Å². The Kier molecular flexibility index (Phi) is 7.41. The van der Waals surface area contributed by atoms with Crippen molar-refractivity contribution in [1.82, 2.24) is 9.88 Å². The van der Waals surface area contributed by atoms with Crippen molar-refractivity contribution in [3.05, 3.63) is 46.7 Å². The summed E-state index contributed by atoms with van der Waals surface area (Å²) in [6.45, 7) is 7.24. The van der Waals surface area contributed by atoms with Crippen LogP contribution in [0.15, 0.2) is 46.7 Å². The maximum absolute atomic E-state index is 13.0. The highest BCUT2D eigenvalue weighted by atomic mass is 32.2. The van der Waals surface area contributed by atoms with Crippen LogP contribution in [0.1, 0.15) is 18.7 Å². The summed E-state index contributed by atoms with van der Waals surface area (Å²) in [5, 5.41) is 2.54. The second kappa shape index (κ2) is 9.82. The molecule has 0 saturated heterocycles. The Labute approximate surface area is 185 Å². The van der Waals surface area contributed by atoms with E-state index in [-0.39, 0.29) is 10.8 Å². The van der Waals surface area contributed by atoms with Crippen LogP contribution in [-0.4, -0.2) is 56.6 Å². The molecule has 6 nitrogen and oxygen atoms in total. The monoisotopic (exact) mass is 463 g/mol. The number of hydrogen-bond acceptors (Lipinski definition) is 7. The van der Waals surface area contributed by atoms with Gasteiger partial charge in [-0.3, -0.25) is 9.69 Å². The minimum absolute atomic E-state index is 0.141. The second-order valence-corrected chi connectivity index (χ2v) is 10.8. The Morgan fingerprint density at radius 3 is 2.57 bits per heavy atom. The lowest BCUT2D eigenvalue weighted by Gasteiger charge is -2.23. The summed E-state index contributed by atoms with van der Waals surface area (Å²) >= 11 is 2.90. The number of likely N-dealkylation sites (N-methyl/N-ethyl adjacent to an activating group) is 1. The number of nitrogens with zero attached hydrogens (tertiary/aromatic N) is 3. The molecule has 0 aliphatic carbocycles. The third-order valence-corrected chi connectivity index (χ3v) is 7.73. The number of hydrogen-bond donors (Lipinski definition) is 0. The Bertz CT molecular complexity index is 1130. The fraction of sp³-hybridized carbons (Fsp3) is 0.333. The molecule has 2 heterocycles. The largest absolute Gasteiger partial charge is 0.302 e. The van der Waals surface area contributed by atoms with Crippen LogP contribution in [0.5, 0.6) is 0 Å². The molecule has 0 fully saturated rings. The Balaban J connectivity index is 1.92. The summed E-state index contributed by atoms with van der Waals surface area (Å²) in [5.74, 6) is -0.141. The van der Waals surface area contributed by atoms with Crippen molar-refractivity contribution in [2.75, 3.05) is 37.3 Å². The maximum atomic E-state index is 13.0. The highest BCUT2D eigenvalue weighted by Crippen LogP contribution is 2.31. The molecule has 9 heteroatoms. The first kappa shape index (κ1) is 22.6. The van der Waals surface area contributed by atoms with E-state index < -0.39 is 9.84 Å². The quantitative estimate of drug-likeness (QED) is 0.446. The molecule has 3 aromatic rings. The van der Waals surface area contributed by atoms with Crippen LogP contribution in [-0.2, 0) is 14.6 Å². The fourth-order valence-electron chi connectivity index (χ4n) is 2.95. The zero-order valence-corrected chi connectivity index (χ0v) is 19.7. The summed E-state index contributed by atoms with van der Waals surface area (Å²) in [5.41, 5.74) is 0.685. The molecule has 0 N–H and O–H groups in total. The fourth-order valence-corrected chi connectivity index (χ4v) is 5.33. The molecule has 2 aromatic heterocycles. The number of carbonyl (C=O) groups excluding carboxylic acids is 1. The van der Waals surface area contributed by atoms with Gasteiger partial charge in [0.25, 0.3) is 5.91 Å². The second-order valence-electron chi connectivity index (χ2n) is 6.76. The zero-order chi connectivity index (χ0) is 21.7. The molecule has 1 amide bonds. The lowest BCUT2D eigenvalue weighted by Crippen LogP contribution is -2.38. The van der Waals surface area contributed by atoms with E-state index in [1.54, 1.807) is 40.5 Å². The van der Waals surface area contributed by atoms with Crippen LogP contribution < -0.4 is 4.90 Å². The lowest BCUT2D eigenvalue weighted by molar-refractivity contribution is -0.114. The number of thiophene rings is 1. The SMILES string of the molecule is CCN(CC)CCN(C(=O)/C=C/c1cccs1)c1nc2ccc(S(C)(=O)=O)cc2s1. The van der Waals surface area contributed by atoms with Gasteiger partial charge in [-0.05, 0) is 48.8 Å². The van der Waals surface area contributed by atoms with E-state index >= 15 is 0 Å². The predicted octanol–water partition coefficient (Wildman–Crippen LogP) is 4.15. The molecular formula is C21H25N3O3S3. The molecule has 0 aliphatic heterocycles. The number of carbonyl (C=O) groups is 1. The first-order chi connectivity index (χ1) is 14.3. The highest BCUT2D eigenvalue weighted by Gasteiger charge is 2.19. The topological polar surface area (TPSA) is 70.6 Å². The van der Waals surface area contributed by atoms with Gasteiger partial charge in [-0.2, -0.15) is 0 Å². The normalized spacial score (nSPS) is 12.3. The van der Waals surface area contributed by atoms with Crippen molar-refractivity contribution in [1.29, 1.82) is 0 Å². The molecular weight excluding hydrogens is 438 g/mol. The van der Waals surface area contributed by atoms with Crippen LogP contribution >= 0.6 is 22.7 Å². The van der Waals surface area contributed by atoms with Crippen LogP contribution in [0.25, 0.3) is 16.3 Å². The lowest BCUT2D eigenvalue weighted by atomic mass is 10.3. The zero-order valence-electron chi connectivity index (χ0n) is 17.2. The first-order valence-electron chi connectivity index (χ1n) is 9.68. The summed E-state index contributed by atoms with van der Waals surface area (Å²) in [6.07, 6.45) is 4.57. The first-order valence-corrected chi connectivity index (χ1v) is 13.3. The highest BCUT2D eigenvalue weighted by molar-refractivity contribution is 7.90. The van der Waals surface area contributed by atoms with Gasteiger partial charge < -0.3 is 4.90 Å². The summed E-state index contributed by atoms with van der Waals surface area (Å²) in [4.78, 5) is 22.8. The third-order valence-electron chi connectivity index (χ3n) is 4.74. The van der Waals surface area contributed by atoms with Crippen LogP contribution in [0, 0.1) is 0 Å². The van der Waals surface area contributed by atoms with E-state index in [4.69, 9.17) is 0 Å². The van der Waals surface area contributed by atoms with Gasteiger partial charge in [-0.15, -0.1) is 11.3 Å². The number of amides is 1. The van der Waals surface area contributed by atoms with Crippen molar-refractivity contribution >= 4 is 59.8 Å². The van der Waals surface area contributed by atoms with E-state index in [0.29, 0.717) is 17.2 Å². The number of aromatic nitrogens is 1. The van der Waals surface area contributed by atoms with Gasteiger partial charge in [-0.1, -0.05) is 31.3 Å². The smallest absolute Gasteiger partial charge is 0.252 e. The third kappa shape index (κ3) is 5.54. The summed E-state index contributed by atoms with van der Waals surface area (Å²) < 4.78 is 24.5. The number of fused-ring (bicyclic) bond motifs is 1. The van der Waals surface area contributed by atoms with Gasteiger partial charge in [0, 0.05) is 30.3 Å². The molecule has 0 bridgehead atoms. The molecule has 160 valence electrons.